The van der Waals surface area contributed by atoms with Crippen molar-refractivity contribution in [1.29, 1.82) is 5.26 Å². The van der Waals surface area contributed by atoms with Gasteiger partial charge in [0.25, 0.3) is 11.8 Å². The molecule has 152 valence electrons. The second-order valence-electron chi connectivity index (χ2n) is 7.50. The van der Waals surface area contributed by atoms with Crippen molar-refractivity contribution < 1.29 is 9.59 Å². The molecular formula is C22H26N4O2S. The molecule has 1 atom stereocenters. The Morgan fingerprint density at radius 1 is 1.14 bits per heavy atom. The Hall–Kier alpha value is -2.69. The Kier molecular flexibility index (Phi) is 7.02. The van der Waals surface area contributed by atoms with Gasteiger partial charge in [-0.25, -0.2) is 0 Å². The first-order chi connectivity index (χ1) is 14.0. The maximum absolute atomic E-state index is 12.8. The van der Waals surface area contributed by atoms with E-state index in [4.69, 9.17) is 0 Å². The van der Waals surface area contributed by atoms with Crippen molar-refractivity contribution in [3.63, 3.8) is 0 Å². The molecule has 3 rings (SSSR count). The zero-order valence-corrected chi connectivity index (χ0v) is 17.6. The molecule has 1 unspecified atom stereocenters. The van der Waals surface area contributed by atoms with E-state index in [9.17, 15) is 14.9 Å². The molecule has 0 radical (unpaired) electrons. The third-order valence-electron chi connectivity index (χ3n) is 5.16. The van der Waals surface area contributed by atoms with Crippen LogP contribution in [0.1, 0.15) is 39.4 Å². The van der Waals surface area contributed by atoms with Gasteiger partial charge in [-0.15, -0.1) is 11.3 Å². The molecule has 1 aliphatic heterocycles. The molecular weight excluding hydrogens is 384 g/mol. The van der Waals surface area contributed by atoms with Crippen LogP contribution in [0.25, 0.3) is 0 Å². The number of thiophene rings is 1. The number of piperazine rings is 1. The van der Waals surface area contributed by atoms with Crippen molar-refractivity contribution in [2.24, 2.45) is 5.92 Å². The lowest BCUT2D eigenvalue weighted by atomic mass is 10.0. The van der Waals surface area contributed by atoms with Crippen LogP contribution in [0.15, 0.2) is 41.8 Å². The second-order valence-corrected chi connectivity index (χ2v) is 8.45. The lowest BCUT2D eigenvalue weighted by Crippen LogP contribution is -2.52. The van der Waals surface area contributed by atoms with Gasteiger partial charge in [0, 0.05) is 38.3 Å². The van der Waals surface area contributed by atoms with Gasteiger partial charge in [0.2, 0.25) is 0 Å². The second kappa shape index (κ2) is 9.68. The Labute approximate surface area is 175 Å². The third kappa shape index (κ3) is 5.22. The smallest absolute Gasteiger partial charge is 0.261 e. The Bertz CT molecular complexity index is 863. The summed E-state index contributed by atoms with van der Waals surface area (Å²) in [7, 11) is 0. The summed E-state index contributed by atoms with van der Waals surface area (Å²) >= 11 is 1.41. The molecule has 6 nitrogen and oxygen atoms in total. The molecule has 2 amide bonds. The molecule has 2 heterocycles. The Morgan fingerprint density at radius 3 is 2.38 bits per heavy atom. The van der Waals surface area contributed by atoms with Crippen LogP contribution in [-0.4, -0.2) is 53.8 Å². The molecule has 2 aromatic rings. The average molecular weight is 411 g/mol. The molecule has 1 fully saturated rings. The van der Waals surface area contributed by atoms with Gasteiger partial charge in [-0.2, -0.15) is 5.26 Å². The van der Waals surface area contributed by atoms with E-state index in [1.54, 1.807) is 6.07 Å². The average Bonchev–Trinajstić information content (AvgIpc) is 3.28. The molecule has 1 saturated heterocycles. The number of nitrogens with zero attached hydrogens (tertiary/aromatic N) is 3. The van der Waals surface area contributed by atoms with Crippen molar-refractivity contribution in [3.05, 3.63) is 57.8 Å². The number of hydrogen-bond donors (Lipinski definition) is 1. The zero-order valence-electron chi connectivity index (χ0n) is 16.8. The van der Waals surface area contributed by atoms with Crippen LogP contribution in [0.4, 0.5) is 0 Å². The lowest BCUT2D eigenvalue weighted by Gasteiger charge is -2.38. The maximum atomic E-state index is 12.8. The first-order valence-electron chi connectivity index (χ1n) is 9.83. The van der Waals surface area contributed by atoms with Gasteiger partial charge in [0.1, 0.15) is 6.04 Å². The van der Waals surface area contributed by atoms with Crippen molar-refractivity contribution in [1.82, 2.24) is 15.1 Å². The summed E-state index contributed by atoms with van der Waals surface area (Å²) in [6.07, 6.45) is 0. The maximum Gasteiger partial charge on any atom is 0.261 e. The molecule has 0 saturated carbocycles. The van der Waals surface area contributed by atoms with Crippen molar-refractivity contribution in [2.75, 3.05) is 26.2 Å². The molecule has 7 heteroatoms. The first-order valence-corrected chi connectivity index (χ1v) is 10.7. The molecule has 1 N–H and O–H groups in total. The minimum atomic E-state index is -0.101. The summed E-state index contributed by atoms with van der Waals surface area (Å²) in [6.45, 7) is 7.22. The summed E-state index contributed by atoms with van der Waals surface area (Å²) in [5, 5.41) is 14.1. The largest absolute Gasteiger partial charge is 0.347 e. The zero-order chi connectivity index (χ0) is 20.8. The number of nitriles is 1. The SMILES string of the molecule is CC(C)C(C#N)N1CCN(C(=O)c2ccc(CNC(=O)c3cccs3)cc2)CC1. The number of rotatable bonds is 6. The highest BCUT2D eigenvalue weighted by Crippen LogP contribution is 2.16. The molecule has 1 aromatic heterocycles. The number of nitrogens with one attached hydrogen (secondary N) is 1. The van der Waals surface area contributed by atoms with E-state index in [2.05, 4.69) is 30.1 Å². The van der Waals surface area contributed by atoms with Crippen molar-refractivity contribution in [3.8, 4) is 6.07 Å². The van der Waals surface area contributed by atoms with Gasteiger partial charge in [-0.1, -0.05) is 32.0 Å². The highest BCUT2D eigenvalue weighted by atomic mass is 32.1. The highest BCUT2D eigenvalue weighted by Gasteiger charge is 2.28. The van der Waals surface area contributed by atoms with Crippen LogP contribution in [0.5, 0.6) is 0 Å². The van der Waals surface area contributed by atoms with E-state index in [-0.39, 0.29) is 23.8 Å². The minimum absolute atomic E-state index is 0.0110. The van der Waals surface area contributed by atoms with Gasteiger partial charge in [-0.3, -0.25) is 14.5 Å². The van der Waals surface area contributed by atoms with Gasteiger partial charge in [0.05, 0.1) is 10.9 Å². The van der Waals surface area contributed by atoms with Crippen LogP contribution in [0, 0.1) is 17.2 Å². The fraction of sp³-hybridized carbons (Fsp3) is 0.409. The molecule has 0 aliphatic carbocycles. The number of hydrogen-bond acceptors (Lipinski definition) is 5. The predicted octanol–water partition coefficient (Wildman–Crippen LogP) is 2.98. The van der Waals surface area contributed by atoms with Crippen molar-refractivity contribution in [2.45, 2.75) is 26.4 Å². The molecule has 0 spiro atoms. The highest BCUT2D eigenvalue weighted by molar-refractivity contribution is 7.12. The monoisotopic (exact) mass is 410 g/mol. The topological polar surface area (TPSA) is 76.4 Å². The number of benzene rings is 1. The predicted molar refractivity (Wildman–Crippen MR) is 114 cm³/mol. The number of carbonyl (C=O) groups is 2. The number of carbonyl (C=O) groups excluding carboxylic acids is 2. The number of amides is 2. The molecule has 29 heavy (non-hydrogen) atoms. The lowest BCUT2D eigenvalue weighted by molar-refractivity contribution is 0.0576. The quantitative estimate of drug-likeness (QED) is 0.794. The summed E-state index contributed by atoms with van der Waals surface area (Å²) < 4.78 is 0. The summed E-state index contributed by atoms with van der Waals surface area (Å²) in [4.78, 5) is 29.5. The summed E-state index contributed by atoms with van der Waals surface area (Å²) in [5.41, 5.74) is 1.59. The fourth-order valence-corrected chi connectivity index (χ4v) is 4.12. The molecule has 0 bridgehead atoms. The van der Waals surface area contributed by atoms with Crippen molar-refractivity contribution >= 4 is 23.2 Å². The summed E-state index contributed by atoms with van der Waals surface area (Å²) in [5.74, 6) is 0.196. The first kappa shape index (κ1) is 21.0. The van der Waals surface area contributed by atoms with E-state index in [0.717, 1.165) is 18.7 Å². The fourth-order valence-electron chi connectivity index (χ4n) is 3.48. The van der Waals surface area contributed by atoms with E-state index < -0.39 is 0 Å². The van der Waals surface area contributed by atoms with Gasteiger partial charge in [-0.05, 0) is 35.1 Å². The standard InChI is InChI=1S/C22H26N4O2S/c1-16(2)19(14-23)25-9-11-26(12-10-25)22(28)18-7-5-17(6-8-18)15-24-21(27)20-4-3-13-29-20/h3-8,13,16,19H,9-12,15H2,1-2H3,(H,24,27). The minimum Gasteiger partial charge on any atom is -0.347 e. The Morgan fingerprint density at radius 2 is 1.83 bits per heavy atom. The van der Waals surface area contributed by atoms with Gasteiger partial charge in [0.15, 0.2) is 0 Å². The summed E-state index contributed by atoms with van der Waals surface area (Å²) in [6, 6.07) is 13.3. The van der Waals surface area contributed by atoms with Crippen LogP contribution >= 0.6 is 11.3 Å². The molecule has 1 aliphatic rings. The van der Waals surface area contributed by atoms with E-state index in [1.807, 2.05) is 40.6 Å². The van der Waals surface area contributed by atoms with Crippen LogP contribution in [-0.2, 0) is 6.54 Å². The van der Waals surface area contributed by atoms with Crippen LogP contribution in [0.3, 0.4) is 0 Å². The van der Waals surface area contributed by atoms with E-state index in [0.29, 0.717) is 30.1 Å². The Balaban J connectivity index is 1.52. The van der Waals surface area contributed by atoms with Gasteiger partial charge < -0.3 is 10.2 Å². The molecule has 1 aromatic carbocycles. The van der Waals surface area contributed by atoms with E-state index >= 15 is 0 Å². The van der Waals surface area contributed by atoms with Crippen LogP contribution in [0.2, 0.25) is 0 Å². The van der Waals surface area contributed by atoms with E-state index in [1.165, 1.54) is 11.3 Å². The normalized spacial score (nSPS) is 15.7. The van der Waals surface area contributed by atoms with Gasteiger partial charge >= 0.3 is 0 Å². The van der Waals surface area contributed by atoms with Crippen LogP contribution < -0.4 is 5.32 Å². The third-order valence-corrected chi connectivity index (χ3v) is 6.03.